The molecule has 2 saturated heterocycles. The van der Waals surface area contributed by atoms with Gasteiger partial charge in [0, 0.05) is 32.4 Å². The van der Waals surface area contributed by atoms with Crippen molar-refractivity contribution in [2.45, 2.75) is 43.5 Å². The van der Waals surface area contributed by atoms with Crippen molar-refractivity contribution in [2.75, 3.05) is 26.2 Å². The van der Waals surface area contributed by atoms with Crippen molar-refractivity contribution in [2.24, 2.45) is 0 Å². The average Bonchev–Trinajstić information content (AvgIpc) is 3.13. The maximum Gasteiger partial charge on any atom is 0.271 e. The van der Waals surface area contributed by atoms with Gasteiger partial charge in [-0.25, -0.2) is 8.42 Å². The minimum absolute atomic E-state index is 0.109. The predicted octanol–water partition coefficient (Wildman–Crippen LogP) is 0.645. The molecule has 0 aromatic carbocycles. The number of carbonyl (C=O) groups is 1. The third-order valence-electron chi connectivity index (χ3n) is 4.68. The zero-order chi connectivity index (χ0) is 17.2. The molecule has 7 nitrogen and oxygen atoms in total. The van der Waals surface area contributed by atoms with Crippen molar-refractivity contribution in [3.05, 3.63) is 28.7 Å². The lowest BCUT2D eigenvalue weighted by atomic mass is 10.1. The van der Waals surface area contributed by atoms with Crippen LogP contribution in [0.2, 0.25) is 0 Å². The molecule has 0 bridgehead atoms. The Kier molecular flexibility index (Phi) is 5.05. The molecule has 1 aromatic rings. The second kappa shape index (κ2) is 7.06. The van der Waals surface area contributed by atoms with Crippen LogP contribution in [0.1, 0.15) is 32.1 Å². The summed E-state index contributed by atoms with van der Waals surface area (Å²) >= 11 is 0. The number of likely N-dealkylation sites (tertiary alicyclic amines) is 1. The second-order valence-corrected chi connectivity index (χ2v) is 8.26. The first kappa shape index (κ1) is 17.2. The van der Waals surface area contributed by atoms with E-state index in [1.165, 1.54) is 27.2 Å². The summed E-state index contributed by atoms with van der Waals surface area (Å²) in [6, 6.07) is 2.85. The normalized spacial score (nSPS) is 19.6. The van der Waals surface area contributed by atoms with Crippen LogP contribution in [0.15, 0.2) is 28.0 Å². The summed E-state index contributed by atoms with van der Waals surface area (Å²) in [5, 5.41) is 0. The lowest BCUT2D eigenvalue weighted by Gasteiger charge is -2.27. The molecule has 8 heteroatoms. The van der Waals surface area contributed by atoms with Crippen molar-refractivity contribution in [1.29, 1.82) is 0 Å². The van der Waals surface area contributed by atoms with Crippen LogP contribution in [0.25, 0.3) is 0 Å². The topological polar surface area (TPSA) is 79.7 Å². The number of aromatic nitrogens is 1. The highest BCUT2D eigenvalue weighted by molar-refractivity contribution is 7.89. The van der Waals surface area contributed by atoms with E-state index in [4.69, 9.17) is 0 Å². The van der Waals surface area contributed by atoms with Crippen LogP contribution in [-0.2, 0) is 21.4 Å². The first-order valence-electron chi connectivity index (χ1n) is 8.47. The summed E-state index contributed by atoms with van der Waals surface area (Å²) in [5.74, 6) is -0.132. The summed E-state index contributed by atoms with van der Waals surface area (Å²) < 4.78 is 27.8. The van der Waals surface area contributed by atoms with Gasteiger partial charge < -0.3 is 9.47 Å². The lowest BCUT2D eigenvalue weighted by Crippen LogP contribution is -2.40. The number of pyridine rings is 1. The molecule has 3 heterocycles. The van der Waals surface area contributed by atoms with Crippen LogP contribution in [0.5, 0.6) is 0 Å². The molecule has 2 fully saturated rings. The van der Waals surface area contributed by atoms with E-state index in [0.29, 0.717) is 26.2 Å². The molecule has 1 aromatic heterocycles. The van der Waals surface area contributed by atoms with Gasteiger partial charge in [0.2, 0.25) is 15.9 Å². The van der Waals surface area contributed by atoms with Gasteiger partial charge in [-0.05, 0) is 44.2 Å². The fourth-order valence-corrected chi connectivity index (χ4v) is 4.90. The van der Waals surface area contributed by atoms with E-state index >= 15 is 0 Å². The number of amides is 1. The Labute approximate surface area is 141 Å². The molecule has 0 unspecified atom stereocenters. The van der Waals surface area contributed by atoms with Gasteiger partial charge in [0.05, 0.1) is 0 Å². The monoisotopic (exact) mass is 353 g/mol. The van der Waals surface area contributed by atoms with Gasteiger partial charge in [-0.3, -0.25) is 9.59 Å². The fourth-order valence-electron chi connectivity index (χ4n) is 3.29. The number of carbonyl (C=O) groups excluding carboxylic acids is 1. The smallest absolute Gasteiger partial charge is 0.271 e. The Bertz CT molecular complexity index is 760. The molecule has 0 aliphatic carbocycles. The van der Waals surface area contributed by atoms with Crippen LogP contribution in [-0.4, -0.2) is 54.3 Å². The SMILES string of the molecule is O=C(Cn1cccc(S(=O)(=O)N2CCCC2)c1=O)N1CCCCC1. The third-order valence-corrected chi connectivity index (χ3v) is 6.59. The third kappa shape index (κ3) is 3.39. The predicted molar refractivity (Wildman–Crippen MR) is 89.1 cm³/mol. The Morgan fingerprint density at radius 1 is 1.00 bits per heavy atom. The fraction of sp³-hybridized carbons (Fsp3) is 0.625. The van der Waals surface area contributed by atoms with Gasteiger partial charge in [-0.1, -0.05) is 0 Å². The molecular weight excluding hydrogens is 330 g/mol. The van der Waals surface area contributed by atoms with E-state index in [0.717, 1.165) is 32.1 Å². The van der Waals surface area contributed by atoms with Crippen LogP contribution >= 0.6 is 0 Å². The number of hydrogen-bond donors (Lipinski definition) is 0. The van der Waals surface area contributed by atoms with Crippen molar-refractivity contribution in [3.8, 4) is 0 Å². The second-order valence-electron chi connectivity index (χ2n) is 6.36. The van der Waals surface area contributed by atoms with Crippen molar-refractivity contribution < 1.29 is 13.2 Å². The molecular formula is C16H23N3O4S. The van der Waals surface area contributed by atoms with Gasteiger partial charge in [-0.2, -0.15) is 4.31 Å². The minimum Gasteiger partial charge on any atom is -0.341 e. The van der Waals surface area contributed by atoms with Crippen LogP contribution in [0.3, 0.4) is 0 Å². The molecule has 24 heavy (non-hydrogen) atoms. The Balaban J connectivity index is 1.83. The van der Waals surface area contributed by atoms with Crippen molar-refractivity contribution in [1.82, 2.24) is 13.8 Å². The molecule has 132 valence electrons. The summed E-state index contributed by atoms with van der Waals surface area (Å²) in [6.45, 7) is 2.20. The standard InChI is InChI=1S/C16H23N3O4S/c20-15(17-8-2-1-3-9-17)13-18-10-6-7-14(16(18)21)24(22,23)19-11-4-5-12-19/h6-7,10H,1-5,8-9,11-13H2. The zero-order valence-corrected chi connectivity index (χ0v) is 14.5. The molecule has 0 spiro atoms. The first-order chi connectivity index (χ1) is 11.5. The van der Waals surface area contributed by atoms with Gasteiger partial charge >= 0.3 is 0 Å². The summed E-state index contributed by atoms with van der Waals surface area (Å²) in [5.41, 5.74) is -0.616. The molecule has 2 aliphatic rings. The largest absolute Gasteiger partial charge is 0.341 e. The number of piperidine rings is 1. The van der Waals surface area contributed by atoms with Crippen LogP contribution in [0.4, 0.5) is 0 Å². The highest BCUT2D eigenvalue weighted by atomic mass is 32.2. The molecule has 0 radical (unpaired) electrons. The lowest BCUT2D eigenvalue weighted by molar-refractivity contribution is -0.132. The van der Waals surface area contributed by atoms with Crippen molar-refractivity contribution >= 4 is 15.9 Å². The van der Waals surface area contributed by atoms with Gasteiger partial charge in [0.15, 0.2) is 0 Å². The number of rotatable bonds is 4. The number of hydrogen-bond acceptors (Lipinski definition) is 4. The van der Waals surface area contributed by atoms with Gasteiger partial charge in [-0.15, -0.1) is 0 Å². The molecule has 1 amide bonds. The molecule has 0 saturated carbocycles. The van der Waals surface area contributed by atoms with E-state index in [1.807, 2.05) is 0 Å². The summed E-state index contributed by atoms with van der Waals surface area (Å²) in [6.07, 6.45) is 6.18. The van der Waals surface area contributed by atoms with Crippen LogP contribution in [0, 0.1) is 0 Å². The van der Waals surface area contributed by atoms with E-state index < -0.39 is 15.6 Å². The van der Waals surface area contributed by atoms with Crippen LogP contribution < -0.4 is 5.56 Å². The maximum absolute atomic E-state index is 12.6. The highest BCUT2D eigenvalue weighted by Gasteiger charge is 2.30. The molecule has 2 aliphatic heterocycles. The maximum atomic E-state index is 12.6. The van der Waals surface area contributed by atoms with Gasteiger partial charge in [0.1, 0.15) is 11.4 Å². The Morgan fingerprint density at radius 3 is 2.29 bits per heavy atom. The minimum atomic E-state index is -3.78. The summed E-state index contributed by atoms with van der Waals surface area (Å²) in [4.78, 5) is 26.4. The molecule has 0 atom stereocenters. The number of sulfonamides is 1. The van der Waals surface area contributed by atoms with E-state index in [2.05, 4.69) is 0 Å². The average molecular weight is 353 g/mol. The van der Waals surface area contributed by atoms with Crippen molar-refractivity contribution in [3.63, 3.8) is 0 Å². The molecule has 0 N–H and O–H groups in total. The number of nitrogens with zero attached hydrogens (tertiary/aromatic N) is 3. The first-order valence-corrected chi connectivity index (χ1v) is 9.91. The Morgan fingerprint density at radius 2 is 1.62 bits per heavy atom. The van der Waals surface area contributed by atoms with E-state index in [1.54, 1.807) is 4.90 Å². The quantitative estimate of drug-likeness (QED) is 0.796. The Hall–Kier alpha value is -1.67. The zero-order valence-electron chi connectivity index (χ0n) is 13.7. The van der Waals surface area contributed by atoms with Gasteiger partial charge in [0.25, 0.3) is 5.56 Å². The highest BCUT2D eigenvalue weighted by Crippen LogP contribution is 2.18. The van der Waals surface area contributed by atoms with E-state index in [9.17, 15) is 18.0 Å². The molecule has 3 rings (SSSR count). The summed E-state index contributed by atoms with van der Waals surface area (Å²) in [7, 11) is -3.78. The van der Waals surface area contributed by atoms with E-state index in [-0.39, 0.29) is 17.3 Å².